The van der Waals surface area contributed by atoms with Gasteiger partial charge in [0.15, 0.2) is 0 Å². The summed E-state index contributed by atoms with van der Waals surface area (Å²) in [5, 5.41) is 0. The third-order valence-electron chi connectivity index (χ3n) is 1.23. The van der Waals surface area contributed by atoms with Crippen LogP contribution in [0.25, 0.3) is 0 Å². The lowest BCUT2D eigenvalue weighted by atomic mass is 10.4. The van der Waals surface area contributed by atoms with Crippen LogP contribution in [-0.4, -0.2) is 5.84 Å². The van der Waals surface area contributed by atoms with Gasteiger partial charge in [-0.25, -0.2) is 10.8 Å². The van der Waals surface area contributed by atoms with Gasteiger partial charge in [0.1, 0.15) is 5.84 Å². The van der Waals surface area contributed by atoms with Gasteiger partial charge in [0, 0.05) is 12.1 Å². The number of aliphatic imine (C=N–C) groups is 1. The van der Waals surface area contributed by atoms with Crippen molar-refractivity contribution < 1.29 is 0 Å². The van der Waals surface area contributed by atoms with Gasteiger partial charge in [-0.1, -0.05) is 13.0 Å². The Hall–Kier alpha value is -0.830. The Labute approximate surface area is 62.0 Å². The molecule has 0 aliphatic carbocycles. The average Bonchev–Trinajstić information content (AvgIpc) is 1.99. The van der Waals surface area contributed by atoms with Gasteiger partial charge in [-0.2, -0.15) is 0 Å². The number of nitrogens with two attached hydrogens (primary N) is 1. The highest BCUT2D eigenvalue weighted by atomic mass is 15.2. The minimum Gasteiger partial charge on any atom is -0.312 e. The van der Waals surface area contributed by atoms with Crippen LogP contribution in [0.1, 0.15) is 27.2 Å². The molecule has 0 bridgehead atoms. The molecule has 0 aliphatic heterocycles. The van der Waals surface area contributed by atoms with Crippen LogP contribution < -0.4 is 11.3 Å². The van der Waals surface area contributed by atoms with Crippen LogP contribution >= 0.6 is 0 Å². The minimum absolute atomic E-state index is 0.815. The molecule has 0 aromatic rings. The first-order valence-corrected chi connectivity index (χ1v) is 3.41. The van der Waals surface area contributed by atoms with Crippen molar-refractivity contribution in [3.8, 4) is 0 Å². The van der Waals surface area contributed by atoms with E-state index in [4.69, 9.17) is 5.84 Å². The van der Waals surface area contributed by atoms with Gasteiger partial charge in [-0.15, -0.1) is 0 Å². The predicted molar refractivity (Wildman–Crippen MR) is 44.5 cm³/mol. The molecule has 0 aliphatic rings. The van der Waals surface area contributed by atoms with Gasteiger partial charge >= 0.3 is 0 Å². The third kappa shape index (κ3) is 3.25. The van der Waals surface area contributed by atoms with Crippen molar-refractivity contribution in [3.05, 3.63) is 11.8 Å². The second-order valence-electron chi connectivity index (χ2n) is 1.99. The maximum atomic E-state index is 5.18. The van der Waals surface area contributed by atoms with Crippen LogP contribution in [0.15, 0.2) is 16.8 Å². The van der Waals surface area contributed by atoms with E-state index in [1.165, 1.54) is 0 Å². The van der Waals surface area contributed by atoms with Crippen LogP contribution in [0.5, 0.6) is 0 Å². The van der Waals surface area contributed by atoms with Gasteiger partial charge in [0.2, 0.25) is 0 Å². The molecule has 0 atom stereocenters. The first-order chi connectivity index (χ1) is 4.74. The molecule has 0 amide bonds. The molecular weight excluding hydrogens is 126 g/mol. The number of hydrogen-bond acceptors (Lipinski definition) is 2. The number of amidine groups is 1. The fourth-order valence-electron chi connectivity index (χ4n) is 0.491. The Morgan fingerprint density at radius 2 is 2.30 bits per heavy atom. The van der Waals surface area contributed by atoms with E-state index in [9.17, 15) is 0 Å². The molecule has 58 valence electrons. The van der Waals surface area contributed by atoms with Crippen LogP contribution in [0.4, 0.5) is 0 Å². The van der Waals surface area contributed by atoms with Gasteiger partial charge in [0.05, 0.1) is 0 Å². The zero-order chi connectivity index (χ0) is 7.98. The Morgan fingerprint density at radius 1 is 1.70 bits per heavy atom. The lowest BCUT2D eigenvalue weighted by molar-refractivity contribution is 0.969. The zero-order valence-electron chi connectivity index (χ0n) is 6.81. The largest absolute Gasteiger partial charge is 0.312 e. The second-order valence-corrected chi connectivity index (χ2v) is 1.99. The van der Waals surface area contributed by atoms with Crippen LogP contribution in [0, 0.1) is 0 Å². The van der Waals surface area contributed by atoms with Gasteiger partial charge in [0.25, 0.3) is 0 Å². The molecule has 0 spiro atoms. The summed E-state index contributed by atoms with van der Waals surface area (Å²) in [4.78, 5) is 4.17. The van der Waals surface area contributed by atoms with E-state index in [1.54, 1.807) is 0 Å². The zero-order valence-corrected chi connectivity index (χ0v) is 6.81. The van der Waals surface area contributed by atoms with Crippen molar-refractivity contribution in [1.82, 2.24) is 5.43 Å². The summed E-state index contributed by atoms with van der Waals surface area (Å²) in [6.45, 7) is 5.89. The molecule has 0 saturated heterocycles. The number of nitrogens with one attached hydrogen (secondary N) is 1. The molecule has 0 saturated carbocycles. The molecule has 0 aromatic carbocycles. The van der Waals surface area contributed by atoms with Gasteiger partial charge in [-0.3, -0.25) is 0 Å². The van der Waals surface area contributed by atoms with Gasteiger partial charge in [-0.05, 0) is 13.8 Å². The molecule has 0 radical (unpaired) electrons. The number of hydrogen-bond donors (Lipinski definition) is 2. The van der Waals surface area contributed by atoms with E-state index in [0.717, 1.165) is 18.0 Å². The molecule has 0 rings (SSSR count). The highest BCUT2D eigenvalue weighted by Crippen LogP contribution is 1.94. The van der Waals surface area contributed by atoms with Crippen molar-refractivity contribution in [1.29, 1.82) is 0 Å². The van der Waals surface area contributed by atoms with Gasteiger partial charge < -0.3 is 5.43 Å². The molecule has 10 heavy (non-hydrogen) atoms. The summed E-state index contributed by atoms with van der Waals surface area (Å²) >= 11 is 0. The molecule has 0 heterocycles. The number of nitrogens with zero attached hydrogens (tertiary/aromatic N) is 1. The van der Waals surface area contributed by atoms with E-state index in [1.807, 2.05) is 26.8 Å². The molecule has 3 N–H and O–H groups in total. The highest BCUT2D eigenvalue weighted by molar-refractivity contribution is 5.82. The van der Waals surface area contributed by atoms with Crippen molar-refractivity contribution in [2.24, 2.45) is 10.8 Å². The topological polar surface area (TPSA) is 50.4 Å². The average molecular weight is 141 g/mol. The standard InChI is InChI=1S/C7H15N3/c1-4-6(3)9-7(5-2)10-8/h4H,5,8H2,1-3H3,(H,9,10)/b6-4-. The Morgan fingerprint density at radius 3 is 2.60 bits per heavy atom. The van der Waals surface area contributed by atoms with Crippen LogP contribution in [-0.2, 0) is 0 Å². The maximum Gasteiger partial charge on any atom is 0.115 e. The highest BCUT2D eigenvalue weighted by Gasteiger charge is 1.89. The summed E-state index contributed by atoms with van der Waals surface area (Å²) in [6, 6.07) is 0. The minimum atomic E-state index is 0.815. The SMILES string of the molecule is C/C=C(/C)N=C(CC)NN. The van der Waals surface area contributed by atoms with E-state index in [-0.39, 0.29) is 0 Å². The monoisotopic (exact) mass is 141 g/mol. The molecule has 0 unspecified atom stereocenters. The Kier molecular flexibility index (Phi) is 4.58. The summed E-state index contributed by atoms with van der Waals surface area (Å²) < 4.78 is 0. The first kappa shape index (κ1) is 9.17. The number of rotatable bonds is 2. The lowest BCUT2D eigenvalue weighted by Crippen LogP contribution is -2.29. The predicted octanol–water partition coefficient (Wildman–Crippen LogP) is 1.18. The van der Waals surface area contributed by atoms with Crippen molar-refractivity contribution in [2.45, 2.75) is 27.2 Å². The normalized spacial score (nSPS) is 13.6. The van der Waals surface area contributed by atoms with E-state index in [0.29, 0.717) is 0 Å². The third-order valence-corrected chi connectivity index (χ3v) is 1.23. The molecule has 3 nitrogen and oxygen atoms in total. The number of hydrazine groups is 1. The van der Waals surface area contributed by atoms with E-state index < -0.39 is 0 Å². The molecular formula is C7H15N3. The van der Waals surface area contributed by atoms with Crippen LogP contribution in [0.2, 0.25) is 0 Å². The fourth-order valence-corrected chi connectivity index (χ4v) is 0.491. The summed E-state index contributed by atoms with van der Waals surface area (Å²) in [7, 11) is 0. The van der Waals surface area contributed by atoms with Crippen molar-refractivity contribution in [3.63, 3.8) is 0 Å². The summed E-state index contributed by atoms with van der Waals surface area (Å²) in [5.74, 6) is 5.99. The molecule has 0 aromatic heterocycles. The smallest absolute Gasteiger partial charge is 0.115 e. The Balaban J connectivity index is 4.10. The summed E-state index contributed by atoms with van der Waals surface area (Å²) in [6.07, 6.45) is 2.77. The van der Waals surface area contributed by atoms with Crippen LogP contribution in [0.3, 0.4) is 0 Å². The fraction of sp³-hybridized carbons (Fsp3) is 0.571. The quantitative estimate of drug-likeness (QED) is 0.262. The van der Waals surface area contributed by atoms with E-state index in [2.05, 4.69) is 10.4 Å². The molecule has 3 heteroatoms. The lowest BCUT2D eigenvalue weighted by Gasteiger charge is -2.00. The first-order valence-electron chi connectivity index (χ1n) is 3.41. The van der Waals surface area contributed by atoms with Crippen molar-refractivity contribution >= 4 is 5.84 Å². The second kappa shape index (κ2) is 4.99. The van der Waals surface area contributed by atoms with E-state index >= 15 is 0 Å². The Bertz CT molecular complexity index is 141. The van der Waals surface area contributed by atoms with Crippen molar-refractivity contribution in [2.75, 3.05) is 0 Å². The maximum absolute atomic E-state index is 5.18. The molecule has 0 fully saturated rings. The summed E-state index contributed by atoms with van der Waals surface area (Å²) in [5.41, 5.74) is 3.51. The number of allylic oxidation sites excluding steroid dienone is 2.